The van der Waals surface area contributed by atoms with Crippen molar-refractivity contribution >= 4 is 23.8 Å². The molecule has 0 fully saturated rings. The number of amides is 1. The van der Waals surface area contributed by atoms with Crippen molar-refractivity contribution in [3.63, 3.8) is 0 Å². The SMILES string of the molecule is CC(=O)NC(C(=O)O)C(C)(C)S[NH2+][O-]. The van der Waals surface area contributed by atoms with E-state index in [4.69, 9.17) is 5.11 Å². The zero-order valence-electron chi connectivity index (χ0n) is 8.23. The second kappa shape index (κ2) is 5.18. The smallest absolute Gasteiger partial charge is 0.327 e. The molecule has 1 atom stereocenters. The molecule has 0 aromatic rings. The molecule has 1 amide bonds. The number of nitrogens with two attached hydrogens (primary N) is 1. The molecule has 82 valence electrons. The minimum atomic E-state index is -1.15. The third-order valence-corrected chi connectivity index (χ3v) is 2.58. The first-order chi connectivity index (χ1) is 6.31. The van der Waals surface area contributed by atoms with Crippen molar-refractivity contribution < 1.29 is 19.6 Å². The van der Waals surface area contributed by atoms with Gasteiger partial charge in [0.05, 0.1) is 16.7 Å². The van der Waals surface area contributed by atoms with Crippen LogP contribution in [0.3, 0.4) is 0 Å². The first-order valence-electron chi connectivity index (χ1n) is 3.92. The summed E-state index contributed by atoms with van der Waals surface area (Å²) in [6, 6.07) is -1.07. The van der Waals surface area contributed by atoms with Gasteiger partial charge in [0.15, 0.2) is 0 Å². The Morgan fingerprint density at radius 3 is 2.36 bits per heavy atom. The molecule has 0 aromatic heterocycles. The first kappa shape index (κ1) is 13.2. The standard InChI is InChI=1S/C7H14N2O4S/c1-4(10)8-5(6(11)12)7(2,3)14-9-13/h5H,9H2,1-3H3,(H,8,10)(H,11,12). The Bertz CT molecular complexity index is 232. The maximum atomic E-state index is 10.8. The molecule has 0 radical (unpaired) electrons. The second-order valence-corrected chi connectivity index (χ2v) is 4.77. The van der Waals surface area contributed by atoms with Gasteiger partial charge in [-0.3, -0.25) is 4.79 Å². The number of aliphatic carboxylic acids is 1. The first-order valence-corrected chi connectivity index (χ1v) is 4.80. The van der Waals surface area contributed by atoms with E-state index in [1.165, 1.54) is 6.92 Å². The summed E-state index contributed by atoms with van der Waals surface area (Å²) in [7, 11) is 0. The molecular weight excluding hydrogens is 208 g/mol. The van der Waals surface area contributed by atoms with E-state index in [9.17, 15) is 14.8 Å². The van der Waals surface area contributed by atoms with Crippen LogP contribution in [0, 0.1) is 5.21 Å². The Morgan fingerprint density at radius 1 is 1.57 bits per heavy atom. The van der Waals surface area contributed by atoms with Gasteiger partial charge in [-0.1, -0.05) is 0 Å². The van der Waals surface area contributed by atoms with Crippen LogP contribution >= 0.6 is 11.9 Å². The summed E-state index contributed by atoms with van der Waals surface area (Å²) in [5.41, 5.74) is 0. The largest absolute Gasteiger partial charge is 0.623 e. The molecule has 0 spiro atoms. The predicted molar refractivity (Wildman–Crippen MR) is 52.2 cm³/mol. The van der Waals surface area contributed by atoms with E-state index in [-0.39, 0.29) is 0 Å². The van der Waals surface area contributed by atoms with E-state index in [2.05, 4.69) is 5.32 Å². The highest BCUT2D eigenvalue weighted by Crippen LogP contribution is 2.22. The number of hydrogen-bond donors (Lipinski definition) is 3. The Hall–Kier alpha value is -0.790. The Balaban J connectivity index is 4.62. The summed E-state index contributed by atoms with van der Waals surface area (Å²) in [5.74, 6) is -1.59. The molecule has 1 unspecified atom stereocenters. The highest BCUT2D eigenvalue weighted by atomic mass is 32.2. The van der Waals surface area contributed by atoms with E-state index in [1.54, 1.807) is 13.8 Å². The molecule has 0 saturated carbocycles. The number of carbonyl (C=O) groups is 2. The summed E-state index contributed by atoms with van der Waals surface area (Å²) in [6.45, 7) is 4.40. The van der Waals surface area contributed by atoms with E-state index >= 15 is 0 Å². The average Bonchev–Trinajstić information content (AvgIpc) is 1.99. The molecule has 0 rings (SSSR count). The fraction of sp³-hybridized carbons (Fsp3) is 0.714. The summed E-state index contributed by atoms with van der Waals surface area (Å²) in [6.07, 6.45) is 0. The van der Waals surface area contributed by atoms with Gasteiger partial charge < -0.3 is 20.5 Å². The van der Waals surface area contributed by atoms with E-state index in [0.717, 1.165) is 11.9 Å². The zero-order valence-corrected chi connectivity index (χ0v) is 9.05. The van der Waals surface area contributed by atoms with E-state index in [0.29, 0.717) is 4.89 Å². The molecule has 0 aliphatic rings. The second-order valence-electron chi connectivity index (χ2n) is 3.29. The molecule has 0 saturated heterocycles. The molecule has 0 heterocycles. The topological polar surface area (TPSA) is 106 Å². The summed E-state index contributed by atoms with van der Waals surface area (Å²) in [4.78, 5) is 22.1. The molecular formula is C7H14N2O4S. The van der Waals surface area contributed by atoms with Crippen LogP contribution in [-0.2, 0) is 9.59 Å². The number of carboxylic acids is 1. The highest BCUT2D eigenvalue weighted by molar-refractivity contribution is 7.94. The lowest BCUT2D eigenvalue weighted by Crippen LogP contribution is -2.72. The molecule has 7 heteroatoms. The van der Waals surface area contributed by atoms with Crippen molar-refractivity contribution in [2.24, 2.45) is 0 Å². The minimum absolute atomic E-state index is 0.433. The van der Waals surface area contributed by atoms with Gasteiger partial charge in [0.2, 0.25) is 5.91 Å². The summed E-state index contributed by atoms with van der Waals surface area (Å²) in [5, 5.41) is 21.4. The van der Waals surface area contributed by atoms with Crippen molar-refractivity contribution in [2.75, 3.05) is 0 Å². The summed E-state index contributed by atoms with van der Waals surface area (Å²) < 4.78 is -0.862. The van der Waals surface area contributed by atoms with Crippen molar-refractivity contribution in [3.05, 3.63) is 5.21 Å². The quantitative estimate of drug-likeness (QED) is 0.411. The van der Waals surface area contributed by atoms with Crippen molar-refractivity contribution in [2.45, 2.75) is 31.6 Å². The number of quaternary nitrogens is 1. The Morgan fingerprint density at radius 2 is 2.07 bits per heavy atom. The van der Waals surface area contributed by atoms with Gasteiger partial charge in [-0.05, 0) is 13.8 Å². The third-order valence-electron chi connectivity index (χ3n) is 1.64. The Labute approximate surface area is 86.2 Å². The number of carbonyl (C=O) groups excluding carboxylic acids is 1. The maximum absolute atomic E-state index is 10.8. The lowest BCUT2D eigenvalue weighted by atomic mass is 10.0. The number of nitrogens with one attached hydrogen (secondary N) is 1. The van der Waals surface area contributed by atoms with Crippen LogP contribution in [0.4, 0.5) is 0 Å². The lowest BCUT2D eigenvalue weighted by molar-refractivity contribution is -0.399. The highest BCUT2D eigenvalue weighted by Gasteiger charge is 2.38. The molecule has 4 N–H and O–H groups in total. The average molecular weight is 222 g/mol. The van der Waals surface area contributed by atoms with Crippen LogP contribution in [0.15, 0.2) is 0 Å². The summed E-state index contributed by atoms with van der Waals surface area (Å²) >= 11 is 0.836. The van der Waals surface area contributed by atoms with E-state index < -0.39 is 22.7 Å². The van der Waals surface area contributed by atoms with Gasteiger partial charge in [0.25, 0.3) is 0 Å². The normalized spacial score (nSPS) is 13.4. The molecule has 14 heavy (non-hydrogen) atoms. The van der Waals surface area contributed by atoms with Crippen LogP contribution in [0.1, 0.15) is 20.8 Å². The van der Waals surface area contributed by atoms with Crippen LogP contribution in [0.5, 0.6) is 0 Å². The van der Waals surface area contributed by atoms with Crippen molar-refractivity contribution in [3.8, 4) is 0 Å². The van der Waals surface area contributed by atoms with Gasteiger partial charge in [-0.25, -0.2) is 4.79 Å². The van der Waals surface area contributed by atoms with Gasteiger partial charge in [0, 0.05) is 6.92 Å². The molecule has 0 aliphatic carbocycles. The zero-order chi connectivity index (χ0) is 11.4. The van der Waals surface area contributed by atoms with Gasteiger partial charge in [0.1, 0.15) is 6.04 Å². The Kier molecular flexibility index (Phi) is 4.89. The minimum Gasteiger partial charge on any atom is -0.623 e. The van der Waals surface area contributed by atoms with Crippen LogP contribution in [0.2, 0.25) is 0 Å². The fourth-order valence-corrected chi connectivity index (χ4v) is 1.47. The van der Waals surface area contributed by atoms with E-state index in [1.807, 2.05) is 0 Å². The number of rotatable bonds is 5. The fourth-order valence-electron chi connectivity index (χ4n) is 0.928. The van der Waals surface area contributed by atoms with Crippen LogP contribution < -0.4 is 10.2 Å². The van der Waals surface area contributed by atoms with Gasteiger partial charge in [-0.15, -0.1) is 0 Å². The van der Waals surface area contributed by atoms with Crippen LogP contribution in [-0.4, -0.2) is 27.8 Å². The molecule has 0 aliphatic heterocycles. The third kappa shape index (κ3) is 3.95. The maximum Gasteiger partial charge on any atom is 0.327 e. The van der Waals surface area contributed by atoms with Gasteiger partial charge in [-0.2, -0.15) is 0 Å². The lowest BCUT2D eigenvalue weighted by Gasteiger charge is -2.28. The molecule has 6 nitrogen and oxygen atoms in total. The predicted octanol–water partition coefficient (Wildman–Crippen LogP) is -0.936. The molecule has 0 aromatic carbocycles. The van der Waals surface area contributed by atoms with Crippen molar-refractivity contribution in [1.82, 2.24) is 5.32 Å². The number of carboxylic acid groups (broad SMARTS) is 1. The van der Waals surface area contributed by atoms with Gasteiger partial charge >= 0.3 is 5.97 Å². The van der Waals surface area contributed by atoms with Crippen molar-refractivity contribution in [1.29, 1.82) is 0 Å². The number of hydrogen-bond acceptors (Lipinski definition) is 4. The molecule has 0 bridgehead atoms. The monoisotopic (exact) mass is 222 g/mol. The van der Waals surface area contributed by atoms with Crippen LogP contribution in [0.25, 0.3) is 0 Å².